The van der Waals surface area contributed by atoms with E-state index in [1.54, 1.807) is 45.0 Å². The van der Waals surface area contributed by atoms with Gasteiger partial charge in [0, 0.05) is 24.4 Å². The summed E-state index contributed by atoms with van der Waals surface area (Å²) >= 11 is 5.99. The molecule has 2 aromatic rings. The third kappa shape index (κ3) is 5.99. The van der Waals surface area contributed by atoms with Crippen molar-refractivity contribution >= 4 is 50.1 Å². The van der Waals surface area contributed by atoms with Crippen LogP contribution in [-0.2, 0) is 28.9 Å². The number of ketones is 1. The van der Waals surface area contributed by atoms with Crippen LogP contribution in [0.4, 0.5) is 4.79 Å². The first kappa shape index (κ1) is 27.9. The molecule has 2 N–H and O–H groups in total. The van der Waals surface area contributed by atoms with Crippen molar-refractivity contribution in [3.63, 3.8) is 0 Å². The predicted octanol–water partition coefficient (Wildman–Crippen LogP) is 3.70. The number of methoxy groups -OCH3 is 1. The van der Waals surface area contributed by atoms with E-state index in [0.29, 0.717) is 10.4 Å². The van der Waals surface area contributed by atoms with Gasteiger partial charge in [-0.3, -0.25) is 14.5 Å². The molecule has 11 heteroatoms. The van der Waals surface area contributed by atoms with Crippen molar-refractivity contribution in [1.82, 2.24) is 4.90 Å². The Bertz CT molecular complexity index is 1290. The van der Waals surface area contributed by atoms with Crippen LogP contribution in [-0.4, -0.2) is 62.3 Å². The van der Waals surface area contributed by atoms with Crippen LogP contribution in [0.5, 0.6) is 0 Å². The maximum Gasteiger partial charge on any atom is 0.411 e. The van der Waals surface area contributed by atoms with Crippen LogP contribution >= 0.6 is 11.6 Å². The van der Waals surface area contributed by atoms with E-state index in [1.807, 2.05) is 0 Å². The summed E-state index contributed by atoms with van der Waals surface area (Å²) in [6.07, 6.45) is -2.30. The molecule has 3 rings (SSSR count). The summed E-state index contributed by atoms with van der Waals surface area (Å²) < 4.78 is 36.3. The third-order valence-corrected chi connectivity index (χ3v) is 8.15. The molecule has 1 aliphatic rings. The van der Waals surface area contributed by atoms with Crippen LogP contribution in [0.15, 0.2) is 41.3 Å². The summed E-state index contributed by atoms with van der Waals surface area (Å²) in [5.74, 6) is -1.88. The predicted molar refractivity (Wildman–Crippen MR) is 135 cm³/mol. The Morgan fingerprint density at radius 1 is 1.14 bits per heavy atom. The Hall–Kier alpha value is -2.69. The molecule has 0 bridgehead atoms. The van der Waals surface area contributed by atoms with Crippen molar-refractivity contribution in [2.45, 2.75) is 56.7 Å². The molecule has 0 aromatic heterocycles. The summed E-state index contributed by atoms with van der Waals surface area (Å²) in [4.78, 5) is 39.9. The number of hydrogen-bond acceptors (Lipinski definition) is 8. The van der Waals surface area contributed by atoms with Gasteiger partial charge in [-0.1, -0.05) is 23.7 Å². The number of hydrogen-bond donors (Lipinski definition) is 1. The number of piperidine rings is 1. The number of amides is 1. The standard InChI is InChI=1S/C25H31ClN2O7S/c1-24(2,3)35-23(31)28-11-10-25(15-21(28)27,22(30)34-4)20(29)9-12-36(32,33)19-8-6-16-13-18(26)7-5-17(16)14-19/h5-8,13-14,21H,9-12,15,27H2,1-4H3. The zero-order valence-electron chi connectivity index (χ0n) is 20.7. The fourth-order valence-corrected chi connectivity index (χ4v) is 5.77. The molecule has 1 heterocycles. The minimum Gasteiger partial charge on any atom is -0.468 e. The molecule has 2 aromatic carbocycles. The highest BCUT2D eigenvalue weighted by atomic mass is 35.5. The molecule has 0 spiro atoms. The molecule has 36 heavy (non-hydrogen) atoms. The zero-order chi connectivity index (χ0) is 26.9. The first-order valence-electron chi connectivity index (χ1n) is 11.5. The minimum absolute atomic E-state index is 0.0170. The van der Waals surface area contributed by atoms with Crippen molar-refractivity contribution in [2.75, 3.05) is 19.4 Å². The maximum atomic E-state index is 13.3. The monoisotopic (exact) mass is 538 g/mol. The summed E-state index contributed by atoms with van der Waals surface area (Å²) in [6, 6.07) is 9.74. The van der Waals surface area contributed by atoms with E-state index in [2.05, 4.69) is 0 Å². The Kier molecular flexibility index (Phi) is 8.02. The van der Waals surface area contributed by atoms with Gasteiger partial charge in [-0.25, -0.2) is 13.2 Å². The van der Waals surface area contributed by atoms with Crippen molar-refractivity contribution in [1.29, 1.82) is 0 Å². The number of likely N-dealkylation sites (tertiary alicyclic amines) is 1. The second-order valence-corrected chi connectivity index (χ2v) is 12.5. The molecular weight excluding hydrogens is 508 g/mol. The lowest BCUT2D eigenvalue weighted by atomic mass is 9.73. The van der Waals surface area contributed by atoms with Gasteiger partial charge in [0.2, 0.25) is 0 Å². The highest BCUT2D eigenvalue weighted by Gasteiger charge is 2.52. The van der Waals surface area contributed by atoms with Crippen LogP contribution < -0.4 is 5.73 Å². The normalized spacial score (nSPS) is 20.7. The lowest BCUT2D eigenvalue weighted by molar-refractivity contribution is -0.163. The van der Waals surface area contributed by atoms with E-state index in [1.165, 1.54) is 17.0 Å². The van der Waals surface area contributed by atoms with Crippen LogP contribution in [0.25, 0.3) is 10.8 Å². The van der Waals surface area contributed by atoms with Crippen molar-refractivity contribution in [3.8, 4) is 0 Å². The van der Waals surface area contributed by atoms with E-state index in [9.17, 15) is 22.8 Å². The summed E-state index contributed by atoms with van der Waals surface area (Å²) in [6.45, 7) is 5.13. The minimum atomic E-state index is -3.83. The zero-order valence-corrected chi connectivity index (χ0v) is 22.3. The number of sulfone groups is 1. The number of halogens is 1. The Balaban J connectivity index is 1.77. The second kappa shape index (κ2) is 10.4. The molecule has 9 nitrogen and oxygen atoms in total. The average Bonchev–Trinajstić information content (AvgIpc) is 2.80. The Morgan fingerprint density at radius 2 is 1.78 bits per heavy atom. The van der Waals surface area contributed by atoms with Crippen LogP contribution in [0.1, 0.15) is 40.0 Å². The molecular formula is C25H31ClN2O7S. The van der Waals surface area contributed by atoms with E-state index < -0.39 is 57.0 Å². The van der Waals surface area contributed by atoms with Gasteiger partial charge in [0.25, 0.3) is 0 Å². The maximum absolute atomic E-state index is 13.3. The molecule has 0 aliphatic carbocycles. The van der Waals surface area contributed by atoms with Gasteiger partial charge in [0.05, 0.1) is 23.9 Å². The fraction of sp³-hybridized carbons (Fsp3) is 0.480. The summed E-state index contributed by atoms with van der Waals surface area (Å²) in [7, 11) is -2.68. The van der Waals surface area contributed by atoms with Gasteiger partial charge in [-0.05, 0) is 62.2 Å². The number of benzene rings is 2. The van der Waals surface area contributed by atoms with E-state index in [0.717, 1.165) is 12.5 Å². The molecule has 2 unspecified atom stereocenters. The Morgan fingerprint density at radius 3 is 2.39 bits per heavy atom. The van der Waals surface area contributed by atoms with Gasteiger partial charge in [-0.15, -0.1) is 0 Å². The van der Waals surface area contributed by atoms with Crippen LogP contribution in [0, 0.1) is 5.41 Å². The first-order valence-corrected chi connectivity index (χ1v) is 13.5. The second-order valence-electron chi connectivity index (χ2n) is 9.91. The van der Waals surface area contributed by atoms with Crippen molar-refractivity contribution < 1.29 is 32.3 Å². The lowest BCUT2D eigenvalue weighted by Crippen LogP contribution is -2.59. The van der Waals surface area contributed by atoms with Crippen molar-refractivity contribution in [3.05, 3.63) is 41.4 Å². The molecule has 1 fully saturated rings. The number of esters is 1. The Labute approximate surface area is 215 Å². The van der Waals surface area contributed by atoms with Crippen LogP contribution in [0.3, 0.4) is 0 Å². The number of ether oxygens (including phenoxy) is 2. The van der Waals surface area contributed by atoms with Gasteiger partial charge in [0.15, 0.2) is 15.6 Å². The van der Waals surface area contributed by atoms with Gasteiger partial charge in [-0.2, -0.15) is 0 Å². The van der Waals surface area contributed by atoms with Gasteiger partial charge in [0.1, 0.15) is 11.0 Å². The lowest BCUT2D eigenvalue weighted by Gasteiger charge is -2.42. The summed E-state index contributed by atoms with van der Waals surface area (Å²) in [5.41, 5.74) is 3.78. The van der Waals surface area contributed by atoms with E-state index in [-0.39, 0.29) is 24.3 Å². The molecule has 196 valence electrons. The largest absolute Gasteiger partial charge is 0.468 e. The highest BCUT2D eigenvalue weighted by molar-refractivity contribution is 7.91. The van der Waals surface area contributed by atoms with Crippen molar-refractivity contribution in [2.24, 2.45) is 11.1 Å². The fourth-order valence-electron chi connectivity index (χ4n) is 4.31. The summed E-state index contributed by atoms with van der Waals surface area (Å²) in [5, 5.41) is 2.01. The van der Waals surface area contributed by atoms with E-state index in [4.69, 9.17) is 26.8 Å². The molecule has 0 saturated carbocycles. The number of fused-ring (bicyclic) bond motifs is 1. The van der Waals surface area contributed by atoms with Gasteiger partial charge < -0.3 is 15.2 Å². The smallest absolute Gasteiger partial charge is 0.411 e. The molecule has 0 radical (unpaired) electrons. The number of rotatable bonds is 6. The molecule has 1 saturated heterocycles. The third-order valence-electron chi connectivity index (χ3n) is 6.21. The average molecular weight is 539 g/mol. The number of carbonyl (C=O) groups excluding carboxylic acids is 3. The molecule has 1 aliphatic heterocycles. The van der Waals surface area contributed by atoms with Crippen LogP contribution in [0.2, 0.25) is 5.02 Å². The SMILES string of the molecule is COC(=O)C1(C(=O)CCS(=O)(=O)c2ccc3cc(Cl)ccc3c2)CCN(C(=O)OC(C)(C)C)C(N)C1. The number of nitrogens with zero attached hydrogens (tertiary/aromatic N) is 1. The van der Waals surface area contributed by atoms with E-state index >= 15 is 0 Å². The highest BCUT2D eigenvalue weighted by Crippen LogP contribution is 2.38. The number of nitrogens with two attached hydrogens (primary N) is 1. The topological polar surface area (TPSA) is 133 Å². The molecule has 2 atom stereocenters. The molecule has 1 amide bonds. The quantitative estimate of drug-likeness (QED) is 0.434. The first-order chi connectivity index (χ1) is 16.7. The van der Waals surface area contributed by atoms with Gasteiger partial charge >= 0.3 is 12.1 Å². The number of carbonyl (C=O) groups is 3. The number of Topliss-reactive ketones (excluding diaryl/α,β-unsaturated/α-hetero) is 1.